The molecular formula is C31H34O5. The van der Waals surface area contributed by atoms with Gasteiger partial charge in [-0.1, -0.05) is 60.7 Å². The lowest BCUT2D eigenvalue weighted by Gasteiger charge is -2.15. The Bertz CT molecular complexity index is 1160. The number of carbonyl (C=O) groups is 2. The number of allylic oxidation sites excluding steroid dienone is 1. The molecule has 0 amide bonds. The molecule has 1 atom stereocenters. The Kier molecular flexibility index (Phi) is 10.0. The highest BCUT2D eigenvalue weighted by Gasteiger charge is 2.20. The third kappa shape index (κ3) is 7.65. The highest BCUT2D eigenvalue weighted by Crippen LogP contribution is 2.23. The molecule has 0 spiro atoms. The van der Waals surface area contributed by atoms with E-state index in [-0.39, 0.29) is 11.8 Å². The van der Waals surface area contributed by atoms with E-state index in [9.17, 15) is 9.59 Å². The van der Waals surface area contributed by atoms with Gasteiger partial charge in [-0.25, -0.2) is 4.79 Å². The Morgan fingerprint density at radius 3 is 1.89 bits per heavy atom. The van der Waals surface area contributed by atoms with Crippen molar-refractivity contribution >= 4 is 17.3 Å². The number of Topliss-reactive ketones (excluding diaryl/α,β-unsaturated/α-hetero) is 1. The van der Waals surface area contributed by atoms with Crippen LogP contribution < -0.4 is 4.74 Å². The summed E-state index contributed by atoms with van der Waals surface area (Å²) in [4.78, 5) is 23.5. The lowest BCUT2D eigenvalue weighted by Crippen LogP contribution is -2.28. The first kappa shape index (κ1) is 26.9. The van der Waals surface area contributed by atoms with Gasteiger partial charge in [-0.2, -0.15) is 0 Å². The van der Waals surface area contributed by atoms with Crippen LogP contribution in [0.3, 0.4) is 0 Å². The Balaban J connectivity index is 1.55. The van der Waals surface area contributed by atoms with Gasteiger partial charge in [0.2, 0.25) is 0 Å². The van der Waals surface area contributed by atoms with Crippen LogP contribution in [0.15, 0.2) is 78.9 Å². The van der Waals surface area contributed by atoms with E-state index in [1.165, 1.54) is 0 Å². The fraction of sp³-hybridized carbons (Fsp3) is 0.290. The standard InChI is InChI=1S/C31H34O5/c1-5-34-30(31(33)35-6-2)21-24-7-17-29(18-8-24)36-20-19-22(3)25-9-13-27(14-10-25)28-15-11-26(12-16-28)23(4)32/h7-19,30H,5-6,20-21H2,1-4H3/b22-19+. The summed E-state index contributed by atoms with van der Waals surface area (Å²) < 4.78 is 16.5. The molecule has 0 N–H and O–H groups in total. The molecule has 5 nitrogen and oxygen atoms in total. The minimum Gasteiger partial charge on any atom is -0.490 e. The predicted molar refractivity (Wildman–Crippen MR) is 143 cm³/mol. The molecule has 0 saturated heterocycles. The minimum atomic E-state index is -0.599. The molecule has 0 heterocycles. The maximum atomic E-state index is 12.1. The van der Waals surface area contributed by atoms with E-state index in [1.54, 1.807) is 13.8 Å². The summed E-state index contributed by atoms with van der Waals surface area (Å²) in [6, 6.07) is 23.7. The minimum absolute atomic E-state index is 0.0695. The lowest BCUT2D eigenvalue weighted by atomic mass is 9.99. The van der Waals surface area contributed by atoms with E-state index in [1.807, 2.05) is 55.5 Å². The third-order valence-corrected chi connectivity index (χ3v) is 5.87. The van der Waals surface area contributed by atoms with Crippen molar-refractivity contribution in [2.45, 2.75) is 40.2 Å². The third-order valence-electron chi connectivity index (χ3n) is 5.87. The molecule has 188 valence electrons. The smallest absolute Gasteiger partial charge is 0.335 e. The number of benzene rings is 3. The molecule has 0 aliphatic rings. The molecule has 0 fully saturated rings. The molecule has 3 rings (SSSR count). The van der Waals surface area contributed by atoms with Crippen molar-refractivity contribution in [3.05, 3.63) is 95.6 Å². The number of ketones is 1. The number of rotatable bonds is 12. The first-order valence-electron chi connectivity index (χ1n) is 12.3. The first-order valence-corrected chi connectivity index (χ1v) is 12.3. The molecule has 3 aromatic rings. The second kappa shape index (κ2) is 13.4. The highest BCUT2D eigenvalue weighted by atomic mass is 16.6. The zero-order valence-corrected chi connectivity index (χ0v) is 21.5. The van der Waals surface area contributed by atoms with Gasteiger partial charge in [0.05, 0.1) is 6.61 Å². The lowest BCUT2D eigenvalue weighted by molar-refractivity contribution is -0.156. The zero-order chi connectivity index (χ0) is 25.9. The summed E-state index contributed by atoms with van der Waals surface area (Å²) in [5.74, 6) is 0.496. The molecule has 0 aliphatic carbocycles. The monoisotopic (exact) mass is 486 g/mol. The van der Waals surface area contributed by atoms with Gasteiger partial charge in [-0.05, 0) is 73.7 Å². The average molecular weight is 487 g/mol. The summed E-state index contributed by atoms with van der Waals surface area (Å²) in [7, 11) is 0. The van der Waals surface area contributed by atoms with E-state index < -0.39 is 6.10 Å². The van der Waals surface area contributed by atoms with E-state index in [2.05, 4.69) is 37.3 Å². The van der Waals surface area contributed by atoms with Crippen LogP contribution in [-0.4, -0.2) is 37.7 Å². The summed E-state index contributed by atoms with van der Waals surface area (Å²) >= 11 is 0. The van der Waals surface area contributed by atoms with Crippen molar-refractivity contribution in [1.82, 2.24) is 0 Å². The van der Waals surface area contributed by atoms with Crippen LogP contribution >= 0.6 is 0 Å². The first-order chi connectivity index (χ1) is 17.4. The maximum Gasteiger partial charge on any atom is 0.335 e. The van der Waals surface area contributed by atoms with E-state index >= 15 is 0 Å². The second-order valence-corrected chi connectivity index (χ2v) is 8.45. The summed E-state index contributed by atoms with van der Waals surface area (Å²) in [5, 5.41) is 0. The predicted octanol–water partition coefficient (Wildman–Crippen LogP) is 6.55. The fourth-order valence-electron chi connectivity index (χ4n) is 3.79. The van der Waals surface area contributed by atoms with Crippen molar-refractivity contribution in [3.8, 4) is 16.9 Å². The van der Waals surface area contributed by atoms with Gasteiger partial charge in [0, 0.05) is 18.6 Å². The van der Waals surface area contributed by atoms with Crippen LogP contribution in [-0.2, 0) is 20.7 Å². The van der Waals surface area contributed by atoms with Crippen LogP contribution in [0.4, 0.5) is 0 Å². The highest BCUT2D eigenvalue weighted by molar-refractivity contribution is 5.94. The number of hydrogen-bond donors (Lipinski definition) is 0. The number of ether oxygens (including phenoxy) is 3. The summed E-state index contributed by atoms with van der Waals surface area (Å²) in [6.07, 6.45) is 1.91. The van der Waals surface area contributed by atoms with Gasteiger partial charge in [-0.3, -0.25) is 4.79 Å². The van der Waals surface area contributed by atoms with E-state index in [0.717, 1.165) is 39.1 Å². The molecule has 36 heavy (non-hydrogen) atoms. The van der Waals surface area contributed by atoms with E-state index in [4.69, 9.17) is 14.2 Å². The zero-order valence-electron chi connectivity index (χ0n) is 21.5. The number of carbonyl (C=O) groups excluding carboxylic acids is 2. The molecule has 1 unspecified atom stereocenters. The normalized spacial score (nSPS) is 12.2. The maximum absolute atomic E-state index is 12.1. The summed E-state index contributed by atoms with van der Waals surface area (Å²) in [6.45, 7) is 8.52. The molecule has 0 aromatic heterocycles. The van der Waals surface area contributed by atoms with Crippen LogP contribution in [0.25, 0.3) is 16.7 Å². The largest absolute Gasteiger partial charge is 0.490 e. The Morgan fingerprint density at radius 2 is 1.36 bits per heavy atom. The van der Waals surface area contributed by atoms with Crippen molar-refractivity contribution < 1.29 is 23.8 Å². The van der Waals surface area contributed by atoms with Crippen LogP contribution in [0.1, 0.15) is 49.2 Å². The second-order valence-electron chi connectivity index (χ2n) is 8.45. The fourth-order valence-corrected chi connectivity index (χ4v) is 3.79. The van der Waals surface area contributed by atoms with Gasteiger partial charge in [-0.15, -0.1) is 0 Å². The Labute approximate surface area is 213 Å². The Hall–Kier alpha value is -3.70. The quantitative estimate of drug-likeness (QED) is 0.215. The molecular weight excluding hydrogens is 452 g/mol. The van der Waals surface area contributed by atoms with Crippen molar-refractivity contribution in [1.29, 1.82) is 0 Å². The average Bonchev–Trinajstić information content (AvgIpc) is 2.89. The van der Waals surface area contributed by atoms with E-state index in [0.29, 0.717) is 26.2 Å². The van der Waals surface area contributed by atoms with Gasteiger partial charge in [0.15, 0.2) is 11.9 Å². The Morgan fingerprint density at radius 1 is 0.778 bits per heavy atom. The van der Waals surface area contributed by atoms with Crippen molar-refractivity contribution in [2.24, 2.45) is 0 Å². The van der Waals surface area contributed by atoms with Crippen LogP contribution in [0, 0.1) is 0 Å². The van der Waals surface area contributed by atoms with Gasteiger partial charge < -0.3 is 14.2 Å². The number of hydrogen-bond acceptors (Lipinski definition) is 5. The molecule has 0 bridgehead atoms. The van der Waals surface area contributed by atoms with Gasteiger partial charge in [0.1, 0.15) is 12.4 Å². The molecule has 0 radical (unpaired) electrons. The van der Waals surface area contributed by atoms with Crippen LogP contribution in [0.2, 0.25) is 0 Å². The molecule has 0 aliphatic heterocycles. The van der Waals surface area contributed by atoms with Crippen molar-refractivity contribution in [3.63, 3.8) is 0 Å². The topological polar surface area (TPSA) is 61.8 Å². The number of esters is 1. The van der Waals surface area contributed by atoms with Gasteiger partial charge >= 0.3 is 5.97 Å². The van der Waals surface area contributed by atoms with Gasteiger partial charge in [0.25, 0.3) is 0 Å². The molecule has 3 aromatic carbocycles. The van der Waals surface area contributed by atoms with Crippen molar-refractivity contribution in [2.75, 3.05) is 19.8 Å². The SMILES string of the molecule is CCOC(=O)C(Cc1ccc(OC/C=C(\C)c2ccc(-c3ccc(C(C)=O)cc3)cc2)cc1)OCC. The van der Waals surface area contributed by atoms with Crippen LogP contribution in [0.5, 0.6) is 5.75 Å². The molecule has 0 saturated carbocycles. The summed E-state index contributed by atoms with van der Waals surface area (Å²) in [5.41, 5.74) is 6.13. The molecule has 5 heteroatoms.